The summed E-state index contributed by atoms with van der Waals surface area (Å²) in [5, 5.41) is 11.9. The molecule has 0 aromatic heterocycles. The monoisotopic (exact) mass is 1390 g/mol. The van der Waals surface area contributed by atoms with Gasteiger partial charge < -0.3 is 24.8 Å². The summed E-state index contributed by atoms with van der Waals surface area (Å²) in [4.78, 5) is 0. The molecule has 0 radical (unpaired) electrons. The molecule has 8 aromatic carbocycles. The van der Waals surface area contributed by atoms with Crippen LogP contribution >= 0.6 is 0 Å². The van der Waals surface area contributed by atoms with Gasteiger partial charge in [-0.2, -0.15) is 0 Å². The summed E-state index contributed by atoms with van der Waals surface area (Å²) in [5.41, 5.74) is 6.72. The molecule has 8 saturated carbocycles. The average molecular weight is 1400 g/mol. The SMILES string of the molecule is C[C](C)=[Zr+2].C[C](C)=[Zr+2].[Cl-].[Cl-].c1ccc2c(C(C3CCCC3)C3CCCC3)c[cH-]c2c1.c1ccc2c(C(C3CCCC3)C3CCCC3)c[cH-]c2c1.c1ccc2c(C(C3CCCC3)C3CCCC3)c[cH-]c2c1.c1ccc2c(C(C3CCCC3)C3CCCC3)c[cH-]c2c1. The summed E-state index contributed by atoms with van der Waals surface area (Å²) in [5.74, 6) is 11.1. The first kappa shape index (κ1) is 71.7. The van der Waals surface area contributed by atoms with E-state index in [2.05, 4.69) is 173 Å². The Morgan fingerprint density at radius 1 is 0.267 bits per heavy atom. The Morgan fingerprint density at radius 2 is 0.400 bits per heavy atom. The summed E-state index contributed by atoms with van der Waals surface area (Å²) in [7, 11) is 0. The predicted molar refractivity (Wildman–Crippen MR) is 378 cm³/mol. The van der Waals surface area contributed by atoms with Crippen LogP contribution in [0.1, 0.15) is 279 Å². The van der Waals surface area contributed by atoms with Crippen LogP contribution in [0.2, 0.25) is 0 Å². The van der Waals surface area contributed by atoms with Gasteiger partial charge in [0.25, 0.3) is 0 Å². The second kappa shape index (κ2) is 36.5. The second-order valence-electron chi connectivity index (χ2n) is 30.0. The minimum absolute atomic E-state index is 0. The van der Waals surface area contributed by atoms with Crippen molar-refractivity contribution in [3.63, 3.8) is 0 Å². The molecule has 0 heterocycles. The molecule has 0 N–H and O–H groups in total. The minimum atomic E-state index is 0. The molecule has 0 saturated heterocycles. The van der Waals surface area contributed by atoms with E-state index in [1.54, 1.807) is 70.7 Å². The Labute approximate surface area is 589 Å². The van der Waals surface area contributed by atoms with Crippen LogP contribution in [0, 0.1) is 47.3 Å². The molecule has 0 unspecified atom stereocenters. The molecule has 8 aliphatic carbocycles. The van der Waals surface area contributed by atoms with Crippen molar-refractivity contribution in [1.29, 1.82) is 0 Å². The molecule has 4 heteroatoms. The Hall–Kier alpha value is -2.59. The van der Waals surface area contributed by atoms with Gasteiger partial charge in [-0.3, -0.25) is 0 Å². The Bertz CT molecular complexity index is 2840. The van der Waals surface area contributed by atoms with Crippen LogP contribution in [0.15, 0.2) is 146 Å². The van der Waals surface area contributed by atoms with E-state index in [0.717, 1.165) is 71.0 Å². The zero-order chi connectivity index (χ0) is 60.6. The molecular formula is C86H112Cl2Zr2-2. The van der Waals surface area contributed by atoms with Crippen LogP contribution < -0.4 is 24.8 Å². The Balaban J connectivity index is 0.000000136. The fourth-order valence-electron chi connectivity index (χ4n) is 20.0. The van der Waals surface area contributed by atoms with Gasteiger partial charge >= 0.3 is 82.6 Å². The van der Waals surface area contributed by atoms with Crippen LogP contribution in [0.5, 0.6) is 0 Å². The van der Waals surface area contributed by atoms with Crippen molar-refractivity contribution in [3.8, 4) is 0 Å². The largest absolute Gasteiger partial charge is 1.00 e. The normalized spacial score (nSPS) is 19.7. The standard InChI is InChI=1S/4C20H25.2C3H6.2ClH.2Zr/c4*1-2-9-16(8-1)20(17-10-3-4-11-17)19-14-13-15-7-5-6-12-18(15)19;2*1-3-2;;;;/h4*5-7,12-14,16-17,20H,1-4,8-11H2;2*1-2H3;2*1H;;/q4*-1;;;;;2*+2/p-2. The Kier molecular flexibility index (Phi) is 29.1. The van der Waals surface area contributed by atoms with E-state index in [0.29, 0.717) is 0 Å². The molecule has 8 aliphatic rings. The summed E-state index contributed by atoms with van der Waals surface area (Å²) in [6.07, 6.45) is 47.0. The third-order valence-corrected chi connectivity index (χ3v) is 23.6. The third-order valence-electron chi connectivity index (χ3n) is 23.6. The van der Waals surface area contributed by atoms with Crippen molar-refractivity contribution in [2.45, 2.75) is 257 Å². The van der Waals surface area contributed by atoms with Crippen LogP contribution in [-0.2, 0) is 48.5 Å². The molecule has 0 aliphatic heterocycles. The van der Waals surface area contributed by atoms with Gasteiger partial charge in [0, 0.05) is 0 Å². The summed E-state index contributed by atoms with van der Waals surface area (Å²) >= 11 is 3.11. The van der Waals surface area contributed by atoms with Crippen LogP contribution in [-0.4, -0.2) is 6.41 Å². The van der Waals surface area contributed by atoms with Crippen molar-refractivity contribution in [2.75, 3.05) is 0 Å². The van der Waals surface area contributed by atoms with E-state index in [-0.39, 0.29) is 24.8 Å². The zero-order valence-corrected chi connectivity index (χ0v) is 62.6. The average Bonchev–Trinajstić information content (AvgIpc) is 1.79. The molecule has 0 amide bonds. The fourth-order valence-corrected chi connectivity index (χ4v) is 20.0. The second-order valence-corrected chi connectivity index (χ2v) is 34.9. The van der Waals surface area contributed by atoms with Gasteiger partial charge in [-0.1, -0.05) is 253 Å². The summed E-state index contributed by atoms with van der Waals surface area (Å²) in [6, 6.07) is 55.2. The first-order valence-corrected chi connectivity index (χ1v) is 39.3. The van der Waals surface area contributed by atoms with E-state index in [1.807, 2.05) is 0 Å². The zero-order valence-electron chi connectivity index (χ0n) is 56.2. The van der Waals surface area contributed by atoms with Crippen molar-refractivity contribution in [3.05, 3.63) is 168 Å². The number of fused-ring (bicyclic) bond motifs is 4. The van der Waals surface area contributed by atoms with Crippen molar-refractivity contribution < 1.29 is 73.3 Å². The number of hydrogen-bond donors (Lipinski definition) is 0. The molecule has 480 valence electrons. The van der Waals surface area contributed by atoms with E-state index in [1.165, 1.54) is 255 Å². The molecular weight excluding hydrogens is 1290 g/mol. The third kappa shape index (κ3) is 18.5. The van der Waals surface area contributed by atoms with E-state index in [4.69, 9.17) is 0 Å². The molecule has 0 spiro atoms. The quantitative estimate of drug-likeness (QED) is 0.107. The maximum Gasteiger partial charge on any atom is -0.0430 e. The van der Waals surface area contributed by atoms with E-state index < -0.39 is 0 Å². The van der Waals surface area contributed by atoms with Gasteiger partial charge in [-0.05, 0) is 47.3 Å². The summed E-state index contributed by atoms with van der Waals surface area (Å²) in [6.45, 7) is 8.49. The molecule has 0 nitrogen and oxygen atoms in total. The van der Waals surface area contributed by atoms with Crippen LogP contribution in [0.25, 0.3) is 43.1 Å². The van der Waals surface area contributed by atoms with Crippen molar-refractivity contribution in [2.24, 2.45) is 47.3 Å². The van der Waals surface area contributed by atoms with Gasteiger partial charge in [0.2, 0.25) is 0 Å². The molecule has 8 aromatic rings. The van der Waals surface area contributed by atoms with E-state index >= 15 is 0 Å². The van der Waals surface area contributed by atoms with Gasteiger partial charge in [-0.25, -0.2) is 0 Å². The predicted octanol–water partition coefficient (Wildman–Crippen LogP) is 19.6. The topological polar surface area (TPSA) is 0 Å². The molecule has 0 atom stereocenters. The van der Waals surface area contributed by atoms with Crippen molar-refractivity contribution in [1.82, 2.24) is 0 Å². The summed E-state index contributed by atoms with van der Waals surface area (Å²) < 4.78 is 3.01. The van der Waals surface area contributed by atoms with Gasteiger partial charge in [0.15, 0.2) is 0 Å². The van der Waals surface area contributed by atoms with Crippen LogP contribution in [0.4, 0.5) is 0 Å². The van der Waals surface area contributed by atoms with Gasteiger partial charge in [0.05, 0.1) is 0 Å². The fraction of sp³-hybridized carbons (Fsp3) is 0.558. The number of rotatable bonds is 12. The number of hydrogen-bond acceptors (Lipinski definition) is 0. The van der Waals surface area contributed by atoms with Gasteiger partial charge in [0.1, 0.15) is 0 Å². The molecule has 90 heavy (non-hydrogen) atoms. The number of benzene rings is 4. The first-order valence-electron chi connectivity index (χ1n) is 36.8. The van der Waals surface area contributed by atoms with Gasteiger partial charge in [-0.15, -0.1) is 187 Å². The van der Waals surface area contributed by atoms with Crippen molar-refractivity contribution >= 4 is 49.5 Å². The molecule has 8 fully saturated rings. The maximum absolute atomic E-state index is 2.45. The Morgan fingerprint density at radius 3 is 0.544 bits per heavy atom. The maximum atomic E-state index is 2.45. The van der Waals surface area contributed by atoms with Crippen LogP contribution in [0.3, 0.4) is 0 Å². The molecule has 0 bridgehead atoms. The molecule has 16 rings (SSSR count). The first-order chi connectivity index (χ1) is 43.2. The number of halogens is 2. The smallest absolute Gasteiger partial charge is 0.0430 e. The minimum Gasteiger partial charge on any atom is -1.00 e. The van der Waals surface area contributed by atoms with E-state index in [9.17, 15) is 0 Å².